The number of carbonyl (C=O) groups is 1. The minimum absolute atomic E-state index is 0.0742. The van der Waals surface area contributed by atoms with Crippen LogP contribution in [0.15, 0.2) is 70.3 Å². The lowest BCUT2D eigenvalue weighted by Crippen LogP contribution is -2.27. The van der Waals surface area contributed by atoms with Crippen LogP contribution in [0.4, 0.5) is 13.2 Å². The Bertz CT molecular complexity index is 1670. The largest absolute Gasteiger partial charge is 0.493 e. The minimum Gasteiger partial charge on any atom is -0.493 e. The number of aromatic nitrogens is 4. The van der Waals surface area contributed by atoms with Crippen molar-refractivity contribution in [2.75, 3.05) is 13.7 Å². The van der Waals surface area contributed by atoms with E-state index in [0.29, 0.717) is 22.5 Å². The average Bonchev–Trinajstić information content (AvgIpc) is 3.50. The first-order valence-electron chi connectivity index (χ1n) is 11.2. The van der Waals surface area contributed by atoms with Crippen molar-refractivity contribution in [2.45, 2.75) is 19.3 Å². The van der Waals surface area contributed by atoms with E-state index >= 15 is 0 Å². The monoisotopic (exact) mass is 511 g/mol. The second-order valence-corrected chi connectivity index (χ2v) is 8.23. The predicted octanol–water partition coefficient (Wildman–Crippen LogP) is 3.84. The highest BCUT2D eigenvalue weighted by molar-refractivity contribution is 5.97. The van der Waals surface area contributed by atoms with Gasteiger partial charge in [0.1, 0.15) is 11.7 Å². The summed E-state index contributed by atoms with van der Waals surface area (Å²) in [6.45, 7) is 0.330. The van der Waals surface area contributed by atoms with Crippen LogP contribution in [0.3, 0.4) is 0 Å². The molecule has 3 aromatic heterocycles. The van der Waals surface area contributed by atoms with Crippen LogP contribution in [0.2, 0.25) is 0 Å². The van der Waals surface area contributed by atoms with Crippen molar-refractivity contribution in [1.29, 1.82) is 0 Å². The molecule has 0 unspecified atom stereocenters. The number of hydrogen-bond donors (Lipinski definition) is 1. The highest BCUT2D eigenvalue weighted by atomic mass is 19.4. The molecule has 5 aromatic rings. The van der Waals surface area contributed by atoms with Crippen molar-refractivity contribution < 1.29 is 27.1 Å². The van der Waals surface area contributed by atoms with E-state index in [0.717, 1.165) is 17.5 Å². The van der Waals surface area contributed by atoms with E-state index in [9.17, 15) is 22.8 Å². The number of nitrogens with zero attached hydrogens (tertiary/aromatic N) is 4. The zero-order valence-corrected chi connectivity index (χ0v) is 19.5. The number of methoxy groups -OCH3 is 1. The van der Waals surface area contributed by atoms with Gasteiger partial charge in [-0.15, -0.1) is 0 Å². The highest BCUT2D eigenvalue weighted by Gasteiger charge is 2.30. The quantitative estimate of drug-likeness (QED) is 0.356. The Morgan fingerprint density at radius 3 is 2.76 bits per heavy atom. The third kappa shape index (κ3) is 4.77. The van der Waals surface area contributed by atoms with Gasteiger partial charge in [-0.05, 0) is 29.8 Å². The molecular formula is C25H20F3N5O4. The normalized spacial score (nSPS) is 11.8. The first kappa shape index (κ1) is 24.1. The van der Waals surface area contributed by atoms with Crippen LogP contribution in [-0.4, -0.2) is 38.9 Å². The lowest BCUT2D eigenvalue weighted by molar-refractivity contribution is -0.137. The van der Waals surface area contributed by atoms with Crippen LogP contribution < -0.4 is 15.6 Å². The molecule has 0 bridgehead atoms. The molecule has 0 fully saturated rings. The predicted molar refractivity (Wildman–Crippen MR) is 127 cm³/mol. The summed E-state index contributed by atoms with van der Waals surface area (Å²) in [7, 11) is 1.51. The second kappa shape index (κ2) is 9.45. The third-order valence-electron chi connectivity index (χ3n) is 5.79. The van der Waals surface area contributed by atoms with Gasteiger partial charge in [-0.25, -0.2) is 9.67 Å². The zero-order valence-electron chi connectivity index (χ0n) is 19.5. The molecule has 5 rings (SSSR count). The van der Waals surface area contributed by atoms with Crippen molar-refractivity contribution in [3.05, 3.63) is 88.3 Å². The fraction of sp³-hybridized carbons (Fsp3) is 0.200. The summed E-state index contributed by atoms with van der Waals surface area (Å²) in [5, 5.41) is 7.86. The molecule has 0 saturated carbocycles. The van der Waals surface area contributed by atoms with Crippen molar-refractivity contribution in [1.82, 2.24) is 24.6 Å². The number of halogens is 3. The highest BCUT2D eigenvalue weighted by Crippen LogP contribution is 2.30. The molecule has 2 aromatic carbocycles. The van der Waals surface area contributed by atoms with Crippen LogP contribution in [0.5, 0.6) is 5.75 Å². The second-order valence-electron chi connectivity index (χ2n) is 8.23. The Labute approximate surface area is 207 Å². The molecular weight excluding hydrogens is 491 g/mol. The van der Waals surface area contributed by atoms with E-state index in [4.69, 9.17) is 9.15 Å². The maximum Gasteiger partial charge on any atom is 0.416 e. The molecule has 0 aliphatic carbocycles. The summed E-state index contributed by atoms with van der Waals surface area (Å²) in [4.78, 5) is 29.7. The molecule has 3 heterocycles. The smallest absolute Gasteiger partial charge is 0.416 e. The molecule has 12 heteroatoms. The number of ether oxygens (including phenoxy) is 1. The van der Waals surface area contributed by atoms with Crippen LogP contribution >= 0.6 is 0 Å². The Kier molecular flexibility index (Phi) is 6.15. The summed E-state index contributed by atoms with van der Waals surface area (Å²) in [5.41, 5.74) is -0.138. The molecule has 0 atom stereocenters. The number of hydrogen-bond acceptors (Lipinski definition) is 6. The fourth-order valence-corrected chi connectivity index (χ4v) is 3.99. The lowest BCUT2D eigenvalue weighted by atomic mass is 10.1. The van der Waals surface area contributed by atoms with Gasteiger partial charge < -0.3 is 14.5 Å². The summed E-state index contributed by atoms with van der Waals surface area (Å²) in [6, 6.07) is 11.7. The van der Waals surface area contributed by atoms with Crippen molar-refractivity contribution >= 4 is 27.9 Å². The Morgan fingerprint density at radius 1 is 1.16 bits per heavy atom. The van der Waals surface area contributed by atoms with Crippen molar-refractivity contribution in [3.8, 4) is 5.75 Å². The van der Waals surface area contributed by atoms with Crippen LogP contribution in [-0.2, 0) is 19.3 Å². The summed E-state index contributed by atoms with van der Waals surface area (Å²) < 4.78 is 52.6. The first-order valence-corrected chi connectivity index (χ1v) is 11.2. The molecule has 1 N–H and O–H groups in total. The van der Waals surface area contributed by atoms with E-state index in [-0.39, 0.29) is 30.8 Å². The van der Waals surface area contributed by atoms with E-state index in [1.54, 1.807) is 24.3 Å². The molecule has 0 aliphatic heterocycles. The molecule has 190 valence electrons. The van der Waals surface area contributed by atoms with E-state index in [2.05, 4.69) is 15.4 Å². The maximum absolute atomic E-state index is 13.0. The molecule has 0 spiro atoms. The molecule has 9 nitrogen and oxygen atoms in total. The van der Waals surface area contributed by atoms with Gasteiger partial charge in [-0.1, -0.05) is 24.3 Å². The van der Waals surface area contributed by atoms with Gasteiger partial charge in [-0.2, -0.15) is 18.3 Å². The topological polar surface area (TPSA) is 104 Å². The summed E-state index contributed by atoms with van der Waals surface area (Å²) in [5.74, 6) is 0.218. The van der Waals surface area contributed by atoms with E-state index < -0.39 is 23.2 Å². The van der Waals surface area contributed by atoms with Gasteiger partial charge in [-0.3, -0.25) is 14.2 Å². The number of rotatable bonds is 7. The van der Waals surface area contributed by atoms with Crippen molar-refractivity contribution in [3.63, 3.8) is 0 Å². The Morgan fingerprint density at radius 2 is 1.97 bits per heavy atom. The summed E-state index contributed by atoms with van der Waals surface area (Å²) in [6.07, 6.45) is -1.86. The van der Waals surface area contributed by atoms with Crippen LogP contribution in [0, 0.1) is 0 Å². The number of carbonyl (C=O) groups excluding carboxylic acids is 1. The average molecular weight is 511 g/mol. The molecule has 0 aliphatic rings. The number of para-hydroxylation sites is 1. The van der Waals surface area contributed by atoms with E-state index in [1.807, 2.05) is 0 Å². The first-order chi connectivity index (χ1) is 17.7. The van der Waals surface area contributed by atoms with E-state index in [1.165, 1.54) is 41.0 Å². The molecule has 1 amide bonds. The lowest BCUT2D eigenvalue weighted by Gasteiger charge is -2.10. The minimum atomic E-state index is -4.48. The van der Waals surface area contributed by atoms with Crippen molar-refractivity contribution in [2.24, 2.45) is 0 Å². The molecule has 0 radical (unpaired) electrons. The zero-order chi connectivity index (χ0) is 26.2. The van der Waals surface area contributed by atoms with Gasteiger partial charge in [0.15, 0.2) is 22.7 Å². The fourth-order valence-electron chi connectivity index (χ4n) is 3.99. The van der Waals surface area contributed by atoms with Gasteiger partial charge >= 0.3 is 6.18 Å². The van der Waals surface area contributed by atoms with Crippen LogP contribution in [0.1, 0.15) is 21.7 Å². The van der Waals surface area contributed by atoms with Gasteiger partial charge in [0.25, 0.3) is 11.5 Å². The maximum atomic E-state index is 13.0. The summed E-state index contributed by atoms with van der Waals surface area (Å²) >= 11 is 0. The third-order valence-corrected chi connectivity index (χ3v) is 5.79. The Balaban J connectivity index is 1.28. The van der Waals surface area contributed by atoms with Crippen LogP contribution in [0.25, 0.3) is 22.0 Å². The number of nitrogens with one attached hydrogen (secondary N) is 1. The SMILES string of the molecule is COc1cccc2cc(C(=O)NCCn3ncc4c(=O)n(Cc5cccc(C(F)(F)F)c5)cnc43)oc12. The van der Waals surface area contributed by atoms with Gasteiger partial charge in [0.2, 0.25) is 0 Å². The number of benzene rings is 2. The number of alkyl halides is 3. The molecule has 0 saturated heterocycles. The number of furan rings is 1. The number of fused-ring (bicyclic) bond motifs is 2. The molecule has 37 heavy (non-hydrogen) atoms. The van der Waals surface area contributed by atoms with Gasteiger partial charge in [0, 0.05) is 11.9 Å². The Hall–Kier alpha value is -4.61. The standard InChI is InChI=1S/C25H20F3N5O4/c1-36-19-7-3-5-16-11-20(37-21(16)19)23(34)29-8-9-33-22-18(12-31-33)24(35)32(14-30-22)13-15-4-2-6-17(10-15)25(26,27)28/h2-7,10-12,14H,8-9,13H2,1H3,(H,29,34). The number of amides is 1. The van der Waals surface area contributed by atoms with Gasteiger partial charge in [0.05, 0.1) is 32.0 Å².